The molecule has 88 valence electrons. The van der Waals surface area contributed by atoms with E-state index >= 15 is 0 Å². The lowest BCUT2D eigenvalue weighted by Gasteiger charge is -2.36. The smallest absolute Gasteiger partial charge is 0.221 e. The summed E-state index contributed by atoms with van der Waals surface area (Å²) in [7, 11) is 4.24. The van der Waals surface area contributed by atoms with E-state index in [9.17, 15) is 0 Å². The molecular weight excluding hydrogens is 202 g/mol. The summed E-state index contributed by atoms with van der Waals surface area (Å²) in [6.07, 6.45) is 4.16. The zero-order valence-electron chi connectivity index (χ0n) is 9.93. The number of anilines is 2. The summed E-state index contributed by atoms with van der Waals surface area (Å²) in [6, 6.07) is 2.43. The van der Waals surface area contributed by atoms with Gasteiger partial charge in [-0.1, -0.05) is 0 Å². The van der Waals surface area contributed by atoms with Crippen LogP contribution in [0.5, 0.6) is 0 Å². The number of aromatic nitrogens is 2. The van der Waals surface area contributed by atoms with Crippen molar-refractivity contribution in [2.24, 2.45) is 0 Å². The largest absolute Gasteiger partial charge is 0.368 e. The molecule has 0 bridgehead atoms. The molecule has 0 aromatic carbocycles. The molecule has 1 aromatic heterocycles. The van der Waals surface area contributed by atoms with Crippen molar-refractivity contribution in [3.8, 4) is 0 Å². The van der Waals surface area contributed by atoms with E-state index in [4.69, 9.17) is 5.73 Å². The van der Waals surface area contributed by atoms with Gasteiger partial charge >= 0.3 is 0 Å². The Balaban J connectivity index is 2.09. The summed E-state index contributed by atoms with van der Waals surface area (Å²) in [5.41, 5.74) is 5.59. The fraction of sp³-hybridized carbons (Fsp3) is 0.636. The molecule has 1 saturated heterocycles. The molecule has 2 N–H and O–H groups in total. The minimum Gasteiger partial charge on any atom is -0.368 e. The van der Waals surface area contributed by atoms with E-state index in [1.807, 2.05) is 6.07 Å². The topological polar surface area (TPSA) is 58.3 Å². The van der Waals surface area contributed by atoms with Crippen molar-refractivity contribution in [1.82, 2.24) is 14.9 Å². The summed E-state index contributed by atoms with van der Waals surface area (Å²) < 4.78 is 0. The summed E-state index contributed by atoms with van der Waals surface area (Å²) in [5.74, 6) is 1.25. The minimum absolute atomic E-state index is 0.341. The molecule has 16 heavy (non-hydrogen) atoms. The molecule has 1 aliphatic heterocycles. The van der Waals surface area contributed by atoms with Gasteiger partial charge in [-0.2, -0.15) is 4.98 Å². The fourth-order valence-electron chi connectivity index (χ4n) is 2.20. The summed E-state index contributed by atoms with van der Waals surface area (Å²) >= 11 is 0. The molecule has 1 aliphatic rings. The van der Waals surface area contributed by atoms with Crippen LogP contribution in [0.15, 0.2) is 12.3 Å². The Hall–Kier alpha value is -1.36. The lowest BCUT2D eigenvalue weighted by molar-refractivity contribution is 0.247. The lowest BCUT2D eigenvalue weighted by Crippen LogP contribution is -2.45. The van der Waals surface area contributed by atoms with Crippen LogP contribution in [0.3, 0.4) is 0 Å². The van der Waals surface area contributed by atoms with E-state index in [-0.39, 0.29) is 0 Å². The monoisotopic (exact) mass is 221 g/mol. The van der Waals surface area contributed by atoms with Gasteiger partial charge in [0, 0.05) is 25.8 Å². The quantitative estimate of drug-likeness (QED) is 0.792. The Labute approximate surface area is 96.3 Å². The van der Waals surface area contributed by atoms with Crippen molar-refractivity contribution in [3.63, 3.8) is 0 Å². The second-order valence-corrected chi connectivity index (χ2v) is 4.44. The number of hydrogen-bond acceptors (Lipinski definition) is 5. The number of likely N-dealkylation sites (N-methyl/N-ethyl adjacent to an activating group) is 2. The molecule has 5 heteroatoms. The van der Waals surface area contributed by atoms with Crippen LogP contribution in [0, 0.1) is 0 Å². The summed E-state index contributed by atoms with van der Waals surface area (Å²) in [4.78, 5) is 12.7. The first-order chi connectivity index (χ1) is 7.66. The van der Waals surface area contributed by atoms with Gasteiger partial charge in [0.2, 0.25) is 5.95 Å². The third kappa shape index (κ3) is 2.41. The van der Waals surface area contributed by atoms with Gasteiger partial charge in [-0.3, -0.25) is 0 Å². The Morgan fingerprint density at radius 2 is 2.38 bits per heavy atom. The summed E-state index contributed by atoms with van der Waals surface area (Å²) in [6.45, 7) is 2.27. The van der Waals surface area contributed by atoms with Crippen molar-refractivity contribution >= 4 is 11.8 Å². The Morgan fingerprint density at radius 1 is 1.56 bits per heavy atom. The molecule has 0 saturated carbocycles. The standard InChI is InChI=1S/C11H19N5/c1-15-7-3-4-9(8-15)16(2)10-5-6-13-11(12)14-10/h5-6,9H,3-4,7-8H2,1-2H3,(H2,12,13,14). The normalized spacial score (nSPS) is 22.0. The average Bonchev–Trinajstić information content (AvgIpc) is 2.28. The molecule has 5 nitrogen and oxygen atoms in total. The fourth-order valence-corrected chi connectivity index (χ4v) is 2.20. The number of nitrogens with two attached hydrogens (primary N) is 1. The first-order valence-corrected chi connectivity index (χ1v) is 5.66. The van der Waals surface area contributed by atoms with E-state index in [0.717, 1.165) is 12.4 Å². The molecule has 2 rings (SSSR count). The van der Waals surface area contributed by atoms with Crippen LogP contribution >= 0.6 is 0 Å². The Morgan fingerprint density at radius 3 is 3.06 bits per heavy atom. The highest BCUT2D eigenvalue weighted by Gasteiger charge is 2.21. The van der Waals surface area contributed by atoms with Crippen LogP contribution < -0.4 is 10.6 Å². The zero-order chi connectivity index (χ0) is 11.5. The van der Waals surface area contributed by atoms with Crippen LogP contribution in [0.1, 0.15) is 12.8 Å². The van der Waals surface area contributed by atoms with Crippen LogP contribution in [0.4, 0.5) is 11.8 Å². The van der Waals surface area contributed by atoms with Crippen molar-refractivity contribution in [3.05, 3.63) is 12.3 Å². The highest BCUT2D eigenvalue weighted by atomic mass is 15.3. The van der Waals surface area contributed by atoms with Gasteiger partial charge in [-0.15, -0.1) is 0 Å². The molecule has 2 heterocycles. The maximum absolute atomic E-state index is 5.59. The maximum Gasteiger partial charge on any atom is 0.221 e. The molecule has 0 aliphatic carbocycles. The van der Waals surface area contributed by atoms with Gasteiger partial charge in [-0.25, -0.2) is 4.98 Å². The van der Waals surface area contributed by atoms with Crippen molar-refractivity contribution < 1.29 is 0 Å². The highest BCUT2D eigenvalue weighted by Crippen LogP contribution is 2.19. The van der Waals surface area contributed by atoms with Gasteiger partial charge < -0.3 is 15.5 Å². The second-order valence-electron chi connectivity index (χ2n) is 4.44. The van der Waals surface area contributed by atoms with Gasteiger partial charge in [-0.05, 0) is 32.5 Å². The lowest BCUT2D eigenvalue weighted by atomic mass is 10.1. The molecule has 1 aromatic rings. The molecular formula is C11H19N5. The Kier molecular flexibility index (Phi) is 3.24. The van der Waals surface area contributed by atoms with E-state index < -0.39 is 0 Å². The molecule has 1 atom stereocenters. The number of hydrogen-bond donors (Lipinski definition) is 1. The Bertz CT molecular complexity index is 354. The molecule has 0 radical (unpaired) electrons. The van der Waals surface area contributed by atoms with Crippen LogP contribution in [0.2, 0.25) is 0 Å². The number of piperidine rings is 1. The van der Waals surface area contributed by atoms with E-state index in [0.29, 0.717) is 12.0 Å². The van der Waals surface area contributed by atoms with E-state index in [1.165, 1.54) is 19.4 Å². The highest BCUT2D eigenvalue weighted by molar-refractivity contribution is 5.41. The molecule has 1 unspecified atom stereocenters. The average molecular weight is 221 g/mol. The van der Waals surface area contributed by atoms with Crippen LogP contribution in [-0.4, -0.2) is 48.1 Å². The van der Waals surface area contributed by atoms with E-state index in [2.05, 4.69) is 33.9 Å². The SMILES string of the molecule is CN1CCCC(N(C)c2ccnc(N)n2)C1. The van der Waals surface area contributed by atoms with Gasteiger partial charge in [0.15, 0.2) is 0 Å². The second kappa shape index (κ2) is 4.65. The van der Waals surface area contributed by atoms with Crippen molar-refractivity contribution in [2.75, 3.05) is 37.8 Å². The summed E-state index contributed by atoms with van der Waals surface area (Å²) in [5, 5.41) is 0. The van der Waals surface area contributed by atoms with Crippen LogP contribution in [-0.2, 0) is 0 Å². The van der Waals surface area contributed by atoms with Gasteiger partial charge in [0.25, 0.3) is 0 Å². The number of nitrogens with zero attached hydrogens (tertiary/aromatic N) is 4. The first kappa shape index (κ1) is 11.1. The number of likely N-dealkylation sites (tertiary alicyclic amines) is 1. The first-order valence-electron chi connectivity index (χ1n) is 5.66. The molecule has 0 spiro atoms. The number of nitrogen functional groups attached to an aromatic ring is 1. The number of rotatable bonds is 2. The predicted molar refractivity (Wildman–Crippen MR) is 65.4 cm³/mol. The zero-order valence-corrected chi connectivity index (χ0v) is 9.93. The molecule has 0 amide bonds. The third-order valence-electron chi connectivity index (χ3n) is 3.17. The predicted octanol–water partition coefficient (Wildman–Crippen LogP) is 0.589. The van der Waals surface area contributed by atoms with Gasteiger partial charge in [0.05, 0.1) is 0 Å². The van der Waals surface area contributed by atoms with Crippen LogP contribution in [0.25, 0.3) is 0 Å². The molecule has 1 fully saturated rings. The van der Waals surface area contributed by atoms with Gasteiger partial charge in [0.1, 0.15) is 5.82 Å². The third-order valence-corrected chi connectivity index (χ3v) is 3.17. The maximum atomic E-state index is 5.59. The van der Waals surface area contributed by atoms with Crippen molar-refractivity contribution in [1.29, 1.82) is 0 Å². The van der Waals surface area contributed by atoms with E-state index in [1.54, 1.807) is 6.20 Å². The minimum atomic E-state index is 0.341. The van der Waals surface area contributed by atoms with Crippen molar-refractivity contribution in [2.45, 2.75) is 18.9 Å².